The molecule has 0 saturated carbocycles. The number of benzene rings is 2. The van der Waals surface area contributed by atoms with Crippen LogP contribution in [-0.2, 0) is 0 Å². The van der Waals surface area contributed by atoms with Gasteiger partial charge in [-0.05, 0) is 36.4 Å². The van der Waals surface area contributed by atoms with E-state index in [4.69, 9.17) is 5.73 Å². The van der Waals surface area contributed by atoms with Crippen LogP contribution in [-0.4, -0.2) is 16.0 Å². The summed E-state index contributed by atoms with van der Waals surface area (Å²) in [6, 6.07) is 18.9. The number of amides is 1. The van der Waals surface area contributed by atoms with E-state index < -0.39 is 0 Å². The summed E-state index contributed by atoms with van der Waals surface area (Å²) in [5, 5.41) is 15.6. The molecule has 3 aromatic rings. The number of anilines is 4. The molecule has 0 aliphatic heterocycles. The molecule has 6 nitrogen and oxygen atoms in total. The summed E-state index contributed by atoms with van der Waals surface area (Å²) in [4.78, 5) is 16.5. The van der Waals surface area contributed by atoms with Crippen LogP contribution in [0.4, 0.5) is 23.0 Å². The molecule has 0 fully saturated rings. The van der Waals surface area contributed by atoms with E-state index >= 15 is 0 Å². The van der Waals surface area contributed by atoms with Gasteiger partial charge in [0.25, 0.3) is 5.91 Å². The molecule has 0 aliphatic carbocycles. The smallest absolute Gasteiger partial charge is 0.255 e. The third kappa shape index (κ3) is 3.61. The first-order valence-corrected chi connectivity index (χ1v) is 7.31. The van der Waals surface area contributed by atoms with E-state index in [9.17, 15) is 9.90 Å². The third-order valence-electron chi connectivity index (χ3n) is 3.31. The fraction of sp³-hybridized carbons (Fsp3) is 0. The number of nitrogen functional groups attached to an aromatic ring is 1. The number of phenols is 1. The van der Waals surface area contributed by atoms with Gasteiger partial charge in [0.15, 0.2) is 0 Å². The predicted octanol–water partition coefficient (Wildman–Crippen LogP) is 3.37. The summed E-state index contributed by atoms with van der Waals surface area (Å²) >= 11 is 0. The molecule has 0 spiro atoms. The maximum Gasteiger partial charge on any atom is 0.255 e. The largest absolute Gasteiger partial charge is 0.506 e. The lowest BCUT2D eigenvalue weighted by Gasteiger charge is -2.10. The van der Waals surface area contributed by atoms with Gasteiger partial charge in [-0.15, -0.1) is 0 Å². The molecule has 2 aromatic carbocycles. The highest BCUT2D eigenvalue weighted by molar-refractivity contribution is 6.05. The highest BCUT2D eigenvalue weighted by Crippen LogP contribution is 2.26. The van der Waals surface area contributed by atoms with E-state index in [0.29, 0.717) is 22.8 Å². The normalized spacial score (nSPS) is 10.2. The van der Waals surface area contributed by atoms with Crippen LogP contribution >= 0.6 is 0 Å². The first kappa shape index (κ1) is 15.4. The van der Waals surface area contributed by atoms with E-state index in [-0.39, 0.29) is 17.5 Å². The molecule has 0 aliphatic rings. The molecule has 0 bridgehead atoms. The molecule has 3 rings (SSSR count). The van der Waals surface area contributed by atoms with Crippen LogP contribution in [0.3, 0.4) is 0 Å². The van der Waals surface area contributed by atoms with E-state index in [1.807, 2.05) is 18.2 Å². The Balaban J connectivity index is 1.83. The number of hydrogen-bond donors (Lipinski definition) is 4. The minimum Gasteiger partial charge on any atom is -0.506 e. The van der Waals surface area contributed by atoms with Crippen LogP contribution in [0.5, 0.6) is 5.75 Å². The van der Waals surface area contributed by atoms with Crippen LogP contribution in [0.15, 0.2) is 66.7 Å². The first-order chi connectivity index (χ1) is 11.6. The Morgan fingerprint density at radius 1 is 1.00 bits per heavy atom. The molecular weight excluding hydrogens is 304 g/mol. The van der Waals surface area contributed by atoms with Gasteiger partial charge in [-0.25, -0.2) is 4.98 Å². The van der Waals surface area contributed by atoms with Crippen molar-refractivity contribution in [1.82, 2.24) is 4.98 Å². The number of nitrogens with zero attached hydrogens (tertiary/aromatic N) is 1. The van der Waals surface area contributed by atoms with Crippen molar-refractivity contribution >= 4 is 28.9 Å². The molecule has 1 heterocycles. The highest BCUT2D eigenvalue weighted by Gasteiger charge is 2.10. The van der Waals surface area contributed by atoms with Gasteiger partial charge in [0, 0.05) is 11.3 Å². The van der Waals surface area contributed by atoms with Crippen LogP contribution < -0.4 is 16.4 Å². The fourth-order valence-corrected chi connectivity index (χ4v) is 2.19. The summed E-state index contributed by atoms with van der Waals surface area (Å²) in [6.45, 7) is 0. The standard InChI is InChI=1S/C18H16N4O2/c19-16-10-12(18(24)20-13-6-2-1-3-7-13)11-17(22-16)21-14-8-4-5-9-15(14)23/h1-11,23H,(H,20,24)(H3,19,21,22). The van der Waals surface area contributed by atoms with Gasteiger partial charge in [-0.1, -0.05) is 30.3 Å². The zero-order chi connectivity index (χ0) is 16.9. The van der Waals surface area contributed by atoms with E-state index in [1.54, 1.807) is 42.5 Å². The monoisotopic (exact) mass is 320 g/mol. The van der Waals surface area contributed by atoms with Crippen LogP contribution in [0.2, 0.25) is 0 Å². The molecule has 120 valence electrons. The van der Waals surface area contributed by atoms with Gasteiger partial charge in [-0.3, -0.25) is 4.79 Å². The van der Waals surface area contributed by atoms with Crippen molar-refractivity contribution < 1.29 is 9.90 Å². The Hall–Kier alpha value is -3.54. The van der Waals surface area contributed by atoms with Gasteiger partial charge in [0.2, 0.25) is 0 Å². The molecule has 5 N–H and O–H groups in total. The summed E-state index contributed by atoms with van der Waals surface area (Å²) < 4.78 is 0. The van der Waals surface area contributed by atoms with E-state index in [0.717, 1.165) is 0 Å². The van der Waals surface area contributed by atoms with Crippen LogP contribution in [0, 0.1) is 0 Å². The highest BCUT2D eigenvalue weighted by atomic mass is 16.3. The van der Waals surface area contributed by atoms with E-state index in [2.05, 4.69) is 15.6 Å². The lowest BCUT2D eigenvalue weighted by Crippen LogP contribution is -2.13. The van der Waals surface area contributed by atoms with Crippen molar-refractivity contribution in [3.63, 3.8) is 0 Å². The summed E-state index contributed by atoms with van der Waals surface area (Å²) in [5.41, 5.74) is 7.32. The number of aromatic nitrogens is 1. The summed E-state index contributed by atoms with van der Waals surface area (Å²) in [7, 11) is 0. The molecule has 1 amide bonds. The fourth-order valence-electron chi connectivity index (χ4n) is 2.19. The minimum atomic E-state index is -0.296. The SMILES string of the molecule is Nc1cc(C(=O)Nc2ccccc2)cc(Nc2ccccc2O)n1. The number of aromatic hydroxyl groups is 1. The molecule has 0 radical (unpaired) electrons. The number of pyridine rings is 1. The Kier molecular flexibility index (Phi) is 4.29. The maximum atomic E-state index is 12.4. The average molecular weight is 320 g/mol. The quantitative estimate of drug-likeness (QED) is 0.552. The molecule has 0 saturated heterocycles. The number of carbonyl (C=O) groups excluding carboxylic acids is 1. The Labute approximate surface area is 139 Å². The molecule has 0 atom stereocenters. The average Bonchev–Trinajstić information content (AvgIpc) is 2.57. The number of phenolic OH excluding ortho intramolecular Hbond substituents is 1. The molecule has 0 unspecified atom stereocenters. The van der Waals surface area contributed by atoms with Crippen molar-refractivity contribution in [1.29, 1.82) is 0 Å². The number of hydrogen-bond acceptors (Lipinski definition) is 5. The van der Waals surface area contributed by atoms with Crippen molar-refractivity contribution in [3.05, 3.63) is 72.3 Å². The third-order valence-corrected chi connectivity index (χ3v) is 3.31. The van der Waals surface area contributed by atoms with Gasteiger partial charge in [0.1, 0.15) is 17.4 Å². The van der Waals surface area contributed by atoms with Crippen molar-refractivity contribution in [2.24, 2.45) is 0 Å². The summed E-state index contributed by atoms with van der Waals surface area (Å²) in [5.74, 6) is 0.357. The van der Waals surface area contributed by atoms with Crippen molar-refractivity contribution in [2.75, 3.05) is 16.4 Å². The lowest BCUT2D eigenvalue weighted by molar-refractivity contribution is 0.102. The lowest BCUT2D eigenvalue weighted by atomic mass is 10.2. The van der Waals surface area contributed by atoms with Crippen molar-refractivity contribution in [3.8, 4) is 5.75 Å². The Bertz CT molecular complexity index is 866. The second-order valence-electron chi connectivity index (χ2n) is 5.13. The molecule has 24 heavy (non-hydrogen) atoms. The number of rotatable bonds is 4. The number of para-hydroxylation sites is 3. The Morgan fingerprint density at radius 2 is 1.71 bits per heavy atom. The second-order valence-corrected chi connectivity index (χ2v) is 5.13. The zero-order valence-electron chi connectivity index (χ0n) is 12.7. The van der Waals surface area contributed by atoms with Crippen molar-refractivity contribution in [2.45, 2.75) is 0 Å². The number of carbonyl (C=O) groups is 1. The summed E-state index contributed by atoms with van der Waals surface area (Å²) in [6.07, 6.45) is 0. The van der Waals surface area contributed by atoms with Crippen LogP contribution in [0.25, 0.3) is 0 Å². The molecular formula is C18H16N4O2. The minimum absolute atomic E-state index is 0.0806. The van der Waals surface area contributed by atoms with Gasteiger partial charge in [0.05, 0.1) is 5.69 Å². The molecule has 6 heteroatoms. The van der Waals surface area contributed by atoms with Gasteiger partial charge >= 0.3 is 0 Å². The topological polar surface area (TPSA) is 100 Å². The molecule has 1 aromatic heterocycles. The second kappa shape index (κ2) is 6.70. The van der Waals surface area contributed by atoms with Crippen LogP contribution in [0.1, 0.15) is 10.4 Å². The first-order valence-electron chi connectivity index (χ1n) is 7.31. The van der Waals surface area contributed by atoms with Gasteiger partial charge < -0.3 is 21.5 Å². The number of nitrogens with two attached hydrogens (primary N) is 1. The number of nitrogens with one attached hydrogen (secondary N) is 2. The predicted molar refractivity (Wildman–Crippen MR) is 94.4 cm³/mol. The Morgan fingerprint density at radius 3 is 2.46 bits per heavy atom. The van der Waals surface area contributed by atoms with E-state index in [1.165, 1.54) is 6.07 Å². The zero-order valence-corrected chi connectivity index (χ0v) is 12.7. The van der Waals surface area contributed by atoms with Gasteiger partial charge in [-0.2, -0.15) is 0 Å². The maximum absolute atomic E-state index is 12.4.